The predicted molar refractivity (Wildman–Crippen MR) is 85.2 cm³/mol. The standard InChI is InChI=1S/C17H25N3O/c18-16(21)17(19-14-6-4-5-7-14)10-12-20(13-11-17)15-8-2-1-3-9-15/h1-3,8-9,14,19H,4-7,10-13H2,(H2,18,21). The molecule has 1 saturated heterocycles. The van der Waals surface area contributed by atoms with E-state index in [1.807, 2.05) is 6.07 Å². The Morgan fingerprint density at radius 2 is 1.76 bits per heavy atom. The van der Waals surface area contributed by atoms with E-state index in [0.29, 0.717) is 6.04 Å². The van der Waals surface area contributed by atoms with Gasteiger partial charge in [0.2, 0.25) is 5.91 Å². The third kappa shape index (κ3) is 3.05. The van der Waals surface area contributed by atoms with Crippen molar-refractivity contribution in [3.05, 3.63) is 30.3 Å². The van der Waals surface area contributed by atoms with Gasteiger partial charge >= 0.3 is 0 Å². The third-order valence-electron chi connectivity index (χ3n) is 5.05. The lowest BCUT2D eigenvalue weighted by molar-refractivity contribution is -0.125. The van der Waals surface area contributed by atoms with Gasteiger partial charge in [-0.3, -0.25) is 4.79 Å². The molecular weight excluding hydrogens is 262 g/mol. The van der Waals surface area contributed by atoms with Crippen LogP contribution in [-0.4, -0.2) is 30.6 Å². The molecule has 0 unspecified atom stereocenters. The highest BCUT2D eigenvalue weighted by Crippen LogP contribution is 2.29. The van der Waals surface area contributed by atoms with Crippen LogP contribution in [0.2, 0.25) is 0 Å². The molecule has 1 saturated carbocycles. The van der Waals surface area contributed by atoms with Gasteiger partial charge in [-0.2, -0.15) is 0 Å². The average molecular weight is 287 g/mol. The SMILES string of the molecule is NC(=O)C1(NC2CCCC2)CCN(c2ccccc2)CC1. The van der Waals surface area contributed by atoms with Crippen molar-refractivity contribution in [2.45, 2.75) is 50.1 Å². The number of para-hydroxylation sites is 1. The number of anilines is 1. The zero-order chi connectivity index (χ0) is 14.7. The van der Waals surface area contributed by atoms with Crippen molar-refractivity contribution in [1.29, 1.82) is 0 Å². The molecule has 1 heterocycles. The molecule has 3 rings (SSSR count). The van der Waals surface area contributed by atoms with E-state index < -0.39 is 5.54 Å². The summed E-state index contributed by atoms with van der Waals surface area (Å²) in [4.78, 5) is 14.4. The van der Waals surface area contributed by atoms with Gasteiger partial charge in [0.15, 0.2) is 0 Å². The van der Waals surface area contributed by atoms with Crippen LogP contribution in [0.15, 0.2) is 30.3 Å². The van der Waals surface area contributed by atoms with Gasteiger partial charge in [0.1, 0.15) is 5.54 Å². The largest absolute Gasteiger partial charge is 0.371 e. The van der Waals surface area contributed by atoms with Gasteiger partial charge in [0, 0.05) is 24.8 Å². The molecule has 4 nitrogen and oxygen atoms in total. The van der Waals surface area contributed by atoms with E-state index in [0.717, 1.165) is 25.9 Å². The van der Waals surface area contributed by atoms with Gasteiger partial charge in [0.05, 0.1) is 0 Å². The maximum atomic E-state index is 12.0. The topological polar surface area (TPSA) is 58.4 Å². The fourth-order valence-corrected chi connectivity index (χ4v) is 3.71. The number of carbonyl (C=O) groups excluding carboxylic acids is 1. The molecule has 0 bridgehead atoms. The molecule has 4 heteroatoms. The van der Waals surface area contributed by atoms with E-state index in [1.165, 1.54) is 31.4 Å². The number of benzene rings is 1. The molecule has 3 N–H and O–H groups in total. The smallest absolute Gasteiger partial charge is 0.237 e. The molecule has 1 aromatic carbocycles. The maximum absolute atomic E-state index is 12.0. The van der Waals surface area contributed by atoms with E-state index in [-0.39, 0.29) is 5.91 Å². The van der Waals surface area contributed by atoms with E-state index in [9.17, 15) is 4.79 Å². The van der Waals surface area contributed by atoms with Gasteiger partial charge in [-0.25, -0.2) is 0 Å². The van der Waals surface area contributed by atoms with Crippen LogP contribution in [0.3, 0.4) is 0 Å². The summed E-state index contributed by atoms with van der Waals surface area (Å²) in [6.07, 6.45) is 6.49. The highest BCUT2D eigenvalue weighted by Gasteiger charge is 2.41. The Hall–Kier alpha value is -1.55. The number of amides is 1. The highest BCUT2D eigenvalue weighted by molar-refractivity contribution is 5.85. The van der Waals surface area contributed by atoms with Crippen LogP contribution in [0, 0.1) is 0 Å². The molecule has 0 radical (unpaired) electrons. The molecule has 2 aliphatic rings. The lowest BCUT2D eigenvalue weighted by atomic mass is 9.85. The summed E-state index contributed by atoms with van der Waals surface area (Å²) in [5.41, 5.74) is 6.48. The zero-order valence-electron chi connectivity index (χ0n) is 12.6. The van der Waals surface area contributed by atoms with Crippen LogP contribution in [-0.2, 0) is 4.79 Å². The quantitative estimate of drug-likeness (QED) is 0.891. The lowest BCUT2D eigenvalue weighted by Gasteiger charge is -2.42. The summed E-state index contributed by atoms with van der Waals surface area (Å²) in [6, 6.07) is 10.9. The summed E-state index contributed by atoms with van der Waals surface area (Å²) < 4.78 is 0. The number of hydrogen-bond donors (Lipinski definition) is 2. The van der Waals surface area contributed by atoms with Crippen molar-refractivity contribution >= 4 is 11.6 Å². The number of primary amides is 1. The van der Waals surface area contributed by atoms with Crippen LogP contribution in [0.4, 0.5) is 5.69 Å². The minimum absolute atomic E-state index is 0.179. The molecule has 1 aliphatic carbocycles. The number of nitrogens with zero attached hydrogens (tertiary/aromatic N) is 1. The number of carbonyl (C=O) groups is 1. The Balaban J connectivity index is 1.66. The minimum Gasteiger partial charge on any atom is -0.371 e. The molecule has 1 amide bonds. The molecule has 0 aromatic heterocycles. The van der Waals surface area contributed by atoms with Crippen molar-refractivity contribution in [2.24, 2.45) is 5.73 Å². The number of piperidine rings is 1. The van der Waals surface area contributed by atoms with E-state index in [2.05, 4.69) is 34.5 Å². The second-order valence-electron chi connectivity index (χ2n) is 6.39. The first-order valence-electron chi connectivity index (χ1n) is 8.07. The molecule has 1 aliphatic heterocycles. The summed E-state index contributed by atoms with van der Waals surface area (Å²) in [6.45, 7) is 1.76. The Morgan fingerprint density at radius 3 is 2.33 bits per heavy atom. The Kier molecular flexibility index (Phi) is 4.15. The van der Waals surface area contributed by atoms with Gasteiger partial charge in [-0.05, 0) is 37.8 Å². The second kappa shape index (κ2) is 6.06. The molecular formula is C17H25N3O. The van der Waals surface area contributed by atoms with Gasteiger partial charge in [-0.1, -0.05) is 31.0 Å². The number of hydrogen-bond acceptors (Lipinski definition) is 3. The van der Waals surface area contributed by atoms with E-state index >= 15 is 0 Å². The zero-order valence-corrected chi connectivity index (χ0v) is 12.6. The molecule has 2 fully saturated rings. The van der Waals surface area contributed by atoms with E-state index in [4.69, 9.17) is 5.73 Å². The van der Waals surface area contributed by atoms with Crippen molar-refractivity contribution in [2.75, 3.05) is 18.0 Å². The van der Waals surface area contributed by atoms with Crippen molar-refractivity contribution < 1.29 is 4.79 Å². The number of nitrogens with two attached hydrogens (primary N) is 1. The Bertz CT molecular complexity index is 474. The van der Waals surface area contributed by atoms with Gasteiger partial charge in [0.25, 0.3) is 0 Å². The van der Waals surface area contributed by atoms with Crippen molar-refractivity contribution in [3.63, 3.8) is 0 Å². The van der Waals surface area contributed by atoms with Crippen LogP contribution < -0.4 is 16.0 Å². The monoisotopic (exact) mass is 287 g/mol. The average Bonchev–Trinajstić information content (AvgIpc) is 3.01. The normalized spacial score (nSPS) is 22.4. The number of rotatable bonds is 4. The van der Waals surface area contributed by atoms with Crippen molar-refractivity contribution in [1.82, 2.24) is 5.32 Å². The Labute approximate surface area is 126 Å². The first-order valence-corrected chi connectivity index (χ1v) is 8.07. The molecule has 1 aromatic rings. The number of nitrogens with one attached hydrogen (secondary N) is 1. The molecule has 0 spiro atoms. The third-order valence-corrected chi connectivity index (χ3v) is 5.05. The van der Waals surface area contributed by atoms with E-state index in [1.54, 1.807) is 0 Å². The van der Waals surface area contributed by atoms with Crippen LogP contribution >= 0.6 is 0 Å². The summed E-state index contributed by atoms with van der Waals surface area (Å²) in [5, 5.41) is 3.60. The van der Waals surface area contributed by atoms with Crippen molar-refractivity contribution in [3.8, 4) is 0 Å². The second-order valence-corrected chi connectivity index (χ2v) is 6.39. The first-order chi connectivity index (χ1) is 10.2. The summed E-state index contributed by atoms with van der Waals surface area (Å²) in [5.74, 6) is -0.179. The Morgan fingerprint density at radius 1 is 1.14 bits per heavy atom. The predicted octanol–water partition coefficient (Wildman–Crippen LogP) is 2.04. The fourth-order valence-electron chi connectivity index (χ4n) is 3.71. The minimum atomic E-state index is -0.500. The van der Waals surface area contributed by atoms with Crippen LogP contribution in [0.1, 0.15) is 38.5 Å². The highest BCUT2D eigenvalue weighted by atomic mass is 16.1. The van der Waals surface area contributed by atoms with Gasteiger partial charge < -0.3 is 16.0 Å². The molecule has 21 heavy (non-hydrogen) atoms. The fraction of sp³-hybridized carbons (Fsp3) is 0.588. The molecule has 0 atom stereocenters. The van der Waals surface area contributed by atoms with Gasteiger partial charge in [-0.15, -0.1) is 0 Å². The lowest BCUT2D eigenvalue weighted by Crippen LogP contribution is -2.63. The van der Waals surface area contributed by atoms with Crippen LogP contribution in [0.25, 0.3) is 0 Å². The first kappa shape index (κ1) is 14.4. The molecule has 114 valence electrons. The maximum Gasteiger partial charge on any atom is 0.237 e. The summed E-state index contributed by atoms with van der Waals surface area (Å²) in [7, 11) is 0. The summed E-state index contributed by atoms with van der Waals surface area (Å²) >= 11 is 0. The van der Waals surface area contributed by atoms with Crippen LogP contribution in [0.5, 0.6) is 0 Å².